The van der Waals surface area contributed by atoms with Crippen molar-refractivity contribution in [3.8, 4) is 33.6 Å². The fourth-order valence-corrected chi connectivity index (χ4v) is 6.66. The molecule has 0 fully saturated rings. The normalized spacial score (nSPS) is 11.4. The van der Waals surface area contributed by atoms with Crippen LogP contribution in [0.4, 0.5) is 0 Å². The van der Waals surface area contributed by atoms with Crippen molar-refractivity contribution in [3.05, 3.63) is 150 Å². The number of fused-ring (bicyclic) bond motifs is 4. The molecule has 0 saturated heterocycles. The maximum absolute atomic E-state index is 6.63. The second kappa shape index (κ2) is 14.7. The van der Waals surface area contributed by atoms with Gasteiger partial charge in [-0.25, -0.2) is 0 Å². The fraction of sp³-hybridized carbons (Fsp3) is 0.196. The maximum Gasteiger partial charge on any atom is 0.128 e. The molecule has 8 aromatic rings. The summed E-state index contributed by atoms with van der Waals surface area (Å²) in [6.07, 6.45) is 8.64. The van der Waals surface area contributed by atoms with Crippen molar-refractivity contribution in [2.24, 2.45) is 5.41 Å². The van der Waals surface area contributed by atoms with Crippen molar-refractivity contribution < 1.29 is 24.5 Å². The van der Waals surface area contributed by atoms with Gasteiger partial charge in [-0.2, -0.15) is 0 Å². The zero-order valence-electron chi connectivity index (χ0n) is 30.2. The van der Waals surface area contributed by atoms with Gasteiger partial charge in [0.15, 0.2) is 0 Å². The summed E-state index contributed by atoms with van der Waals surface area (Å²) in [5, 5.41) is 4.52. The quantitative estimate of drug-likeness (QED) is 0.166. The summed E-state index contributed by atoms with van der Waals surface area (Å²) in [4.78, 5) is 13.5. The average molecular weight is 844 g/mol. The molecule has 1 radical (unpaired) electrons. The number of nitrogens with zero attached hydrogens (tertiary/aromatic N) is 3. The standard InChI is InChI=1S/C29H21N2O.C17H20N.Ir/c1-17-13-23-21-7-6-8-22(26-9-4-5-11-31-26)28(21)32-29(23)24(14-17)27-19(3)18(2)15-20-10-12-30-16-25(20)27;1-13-5-8-15(9-6-13)16-10-7-14(12-18-16)11-17(2,3)4;/h4-7,9-16H,1-3H3;5-8,10,12H,11H2,1-4H3;/q2*-1;. The Hall–Kier alpha value is -4.96. The molecule has 0 unspecified atom stereocenters. The largest absolute Gasteiger partial charge is 0.500 e. The van der Waals surface area contributed by atoms with E-state index in [1.807, 2.05) is 48.9 Å². The minimum atomic E-state index is 0. The first kappa shape index (κ1) is 35.9. The van der Waals surface area contributed by atoms with Gasteiger partial charge < -0.3 is 14.4 Å². The summed E-state index contributed by atoms with van der Waals surface area (Å²) in [6.45, 7) is 15.3. The van der Waals surface area contributed by atoms with Gasteiger partial charge in [0.2, 0.25) is 0 Å². The summed E-state index contributed by atoms with van der Waals surface area (Å²) in [5.74, 6) is 0. The van der Waals surface area contributed by atoms with Gasteiger partial charge in [0, 0.05) is 61.2 Å². The minimum Gasteiger partial charge on any atom is -0.500 e. The molecule has 4 heterocycles. The molecule has 0 atom stereocenters. The molecule has 0 saturated carbocycles. The summed E-state index contributed by atoms with van der Waals surface area (Å²) in [5.41, 5.74) is 14.3. The van der Waals surface area contributed by atoms with Crippen LogP contribution < -0.4 is 0 Å². The number of furan rings is 1. The number of rotatable bonds is 4. The van der Waals surface area contributed by atoms with Crippen LogP contribution in [-0.2, 0) is 26.5 Å². The number of hydrogen-bond acceptors (Lipinski definition) is 4. The van der Waals surface area contributed by atoms with Gasteiger partial charge in [-0.1, -0.05) is 69.0 Å². The fourth-order valence-electron chi connectivity index (χ4n) is 6.66. The Morgan fingerprint density at radius 1 is 0.706 bits per heavy atom. The Morgan fingerprint density at radius 3 is 2.25 bits per heavy atom. The van der Waals surface area contributed by atoms with Crippen molar-refractivity contribution in [2.75, 3.05) is 0 Å². The Morgan fingerprint density at radius 2 is 1.55 bits per heavy atom. The predicted octanol–water partition coefficient (Wildman–Crippen LogP) is 12.0. The van der Waals surface area contributed by atoms with E-state index in [4.69, 9.17) is 4.42 Å². The molecule has 4 aromatic carbocycles. The summed E-state index contributed by atoms with van der Waals surface area (Å²) in [7, 11) is 0. The molecule has 0 bridgehead atoms. The number of aromatic nitrogens is 3. The van der Waals surface area contributed by atoms with Crippen molar-refractivity contribution in [1.29, 1.82) is 0 Å². The molecule has 0 aliphatic heterocycles. The van der Waals surface area contributed by atoms with E-state index in [1.165, 1.54) is 38.8 Å². The van der Waals surface area contributed by atoms with E-state index < -0.39 is 0 Å². The average Bonchev–Trinajstić information content (AvgIpc) is 3.48. The Balaban J connectivity index is 0.000000202. The van der Waals surface area contributed by atoms with Crippen LogP contribution in [-0.4, -0.2) is 15.0 Å². The van der Waals surface area contributed by atoms with Gasteiger partial charge in [0.05, 0.1) is 5.58 Å². The molecule has 0 aliphatic carbocycles. The molecule has 0 amide bonds. The van der Waals surface area contributed by atoms with Crippen LogP contribution in [0.5, 0.6) is 0 Å². The number of aryl methyl sites for hydroxylation is 3. The second-order valence-corrected chi connectivity index (χ2v) is 14.5. The van der Waals surface area contributed by atoms with Crippen LogP contribution >= 0.6 is 0 Å². The monoisotopic (exact) mass is 844 g/mol. The van der Waals surface area contributed by atoms with Gasteiger partial charge in [-0.05, 0) is 101 Å². The van der Waals surface area contributed by atoms with Gasteiger partial charge in [-0.15, -0.1) is 53.6 Å². The first-order chi connectivity index (χ1) is 24.1. The first-order valence-corrected chi connectivity index (χ1v) is 17.1. The molecule has 4 aromatic heterocycles. The molecule has 257 valence electrons. The Kier molecular flexibility index (Phi) is 10.3. The van der Waals surface area contributed by atoms with Crippen LogP contribution in [0.3, 0.4) is 0 Å². The minimum absolute atomic E-state index is 0. The molecular weight excluding hydrogens is 803 g/mol. The summed E-state index contributed by atoms with van der Waals surface area (Å²) < 4.78 is 6.63. The zero-order chi connectivity index (χ0) is 35.0. The molecule has 5 heteroatoms. The van der Waals surface area contributed by atoms with Crippen molar-refractivity contribution in [2.45, 2.75) is 54.9 Å². The van der Waals surface area contributed by atoms with Crippen LogP contribution in [0.1, 0.15) is 48.6 Å². The van der Waals surface area contributed by atoms with E-state index in [2.05, 4.69) is 130 Å². The second-order valence-electron chi connectivity index (χ2n) is 14.5. The van der Waals surface area contributed by atoms with E-state index in [-0.39, 0.29) is 20.1 Å². The van der Waals surface area contributed by atoms with Crippen LogP contribution in [0.25, 0.3) is 66.4 Å². The molecule has 8 rings (SSSR count). The predicted molar refractivity (Wildman–Crippen MR) is 207 cm³/mol. The summed E-state index contributed by atoms with van der Waals surface area (Å²) in [6, 6.07) is 35.7. The van der Waals surface area contributed by atoms with Crippen molar-refractivity contribution in [1.82, 2.24) is 15.0 Å². The molecule has 0 aliphatic rings. The van der Waals surface area contributed by atoms with Gasteiger partial charge >= 0.3 is 0 Å². The van der Waals surface area contributed by atoms with Crippen LogP contribution in [0, 0.1) is 45.2 Å². The van der Waals surface area contributed by atoms with E-state index in [0.29, 0.717) is 5.41 Å². The summed E-state index contributed by atoms with van der Waals surface area (Å²) >= 11 is 0. The molecule has 0 spiro atoms. The SMILES string of the molecule is Cc1c[c-]c(-c2ccc(CC(C)(C)C)cn2)cc1.Cc1cc(-c2c(C)c(C)cc3ccncc23)c2oc3c(-c4ccccn4)[c-]ccc3c2c1.[Ir]. The molecular formula is C46H41IrN3O-2. The van der Waals surface area contributed by atoms with Crippen LogP contribution in [0.2, 0.25) is 0 Å². The van der Waals surface area contributed by atoms with E-state index in [9.17, 15) is 0 Å². The number of hydrogen-bond donors (Lipinski definition) is 0. The first-order valence-electron chi connectivity index (χ1n) is 17.1. The van der Waals surface area contributed by atoms with Gasteiger partial charge in [-0.3, -0.25) is 4.98 Å². The Labute approximate surface area is 314 Å². The molecule has 4 nitrogen and oxygen atoms in total. The van der Waals surface area contributed by atoms with Crippen LogP contribution in [0.15, 0.2) is 114 Å². The number of pyridine rings is 3. The topological polar surface area (TPSA) is 51.8 Å². The maximum atomic E-state index is 6.63. The van der Waals surface area contributed by atoms with Crippen molar-refractivity contribution in [3.63, 3.8) is 0 Å². The van der Waals surface area contributed by atoms with E-state index in [0.717, 1.165) is 61.8 Å². The van der Waals surface area contributed by atoms with E-state index >= 15 is 0 Å². The van der Waals surface area contributed by atoms with E-state index in [1.54, 1.807) is 6.20 Å². The smallest absolute Gasteiger partial charge is 0.128 e. The van der Waals surface area contributed by atoms with Crippen molar-refractivity contribution >= 4 is 32.7 Å². The molecule has 51 heavy (non-hydrogen) atoms. The third-order valence-corrected chi connectivity index (χ3v) is 9.13. The third kappa shape index (κ3) is 7.56. The third-order valence-electron chi connectivity index (χ3n) is 9.13. The zero-order valence-corrected chi connectivity index (χ0v) is 32.6. The van der Waals surface area contributed by atoms with Gasteiger partial charge in [0.25, 0.3) is 0 Å². The Bertz CT molecular complexity index is 2460. The molecule has 0 N–H and O–H groups in total. The van der Waals surface area contributed by atoms with Gasteiger partial charge in [0.1, 0.15) is 5.58 Å². The number of benzene rings is 4.